The summed E-state index contributed by atoms with van der Waals surface area (Å²) in [6.45, 7) is 1.70. The SMILES string of the molecule is O=C(O)[C@H](O)[C@H](c1ccccc1)N1CCCCC1. The van der Waals surface area contributed by atoms with E-state index < -0.39 is 18.1 Å². The fraction of sp³-hybridized carbons (Fsp3) is 0.500. The number of carbonyl (C=O) groups is 1. The van der Waals surface area contributed by atoms with Crippen molar-refractivity contribution in [3.63, 3.8) is 0 Å². The molecule has 1 fully saturated rings. The molecule has 0 amide bonds. The molecule has 0 radical (unpaired) electrons. The summed E-state index contributed by atoms with van der Waals surface area (Å²) < 4.78 is 0. The average molecular weight is 249 g/mol. The lowest BCUT2D eigenvalue weighted by atomic mass is 9.97. The van der Waals surface area contributed by atoms with Crippen molar-refractivity contribution in [3.05, 3.63) is 35.9 Å². The van der Waals surface area contributed by atoms with Crippen LogP contribution < -0.4 is 0 Å². The Kier molecular flexibility index (Phi) is 4.33. The van der Waals surface area contributed by atoms with E-state index in [4.69, 9.17) is 5.11 Å². The maximum Gasteiger partial charge on any atom is 0.334 e. The second-order valence-electron chi connectivity index (χ2n) is 4.74. The number of hydrogen-bond acceptors (Lipinski definition) is 3. The van der Waals surface area contributed by atoms with E-state index in [2.05, 4.69) is 4.90 Å². The molecule has 2 rings (SSSR count). The van der Waals surface area contributed by atoms with Gasteiger partial charge in [-0.2, -0.15) is 0 Å². The quantitative estimate of drug-likeness (QED) is 0.852. The summed E-state index contributed by atoms with van der Waals surface area (Å²) in [6, 6.07) is 8.96. The van der Waals surface area contributed by atoms with Crippen LogP contribution in [0.3, 0.4) is 0 Å². The highest BCUT2D eigenvalue weighted by atomic mass is 16.4. The van der Waals surface area contributed by atoms with Gasteiger partial charge in [-0.25, -0.2) is 4.79 Å². The lowest BCUT2D eigenvalue weighted by Crippen LogP contribution is -2.43. The fourth-order valence-corrected chi connectivity index (χ4v) is 2.57. The van der Waals surface area contributed by atoms with Crippen molar-refractivity contribution in [2.24, 2.45) is 0 Å². The predicted octanol–water partition coefficient (Wildman–Crippen LogP) is 1.66. The zero-order valence-corrected chi connectivity index (χ0v) is 10.3. The lowest BCUT2D eigenvalue weighted by Gasteiger charge is -2.36. The van der Waals surface area contributed by atoms with Gasteiger partial charge < -0.3 is 10.2 Å². The number of aliphatic hydroxyl groups is 1. The Labute approximate surface area is 107 Å². The third kappa shape index (κ3) is 2.89. The minimum absolute atomic E-state index is 0.441. The molecule has 1 aromatic rings. The van der Waals surface area contributed by atoms with E-state index in [9.17, 15) is 9.90 Å². The van der Waals surface area contributed by atoms with Crippen molar-refractivity contribution >= 4 is 5.97 Å². The molecule has 0 saturated carbocycles. The largest absolute Gasteiger partial charge is 0.479 e. The normalized spacial score (nSPS) is 20.3. The van der Waals surface area contributed by atoms with Gasteiger partial charge in [0.15, 0.2) is 6.10 Å². The Morgan fingerprint density at radius 3 is 2.28 bits per heavy atom. The molecule has 1 aliphatic heterocycles. The van der Waals surface area contributed by atoms with Crippen LogP contribution in [0.25, 0.3) is 0 Å². The Balaban J connectivity index is 2.25. The number of aliphatic hydroxyl groups excluding tert-OH is 1. The van der Waals surface area contributed by atoms with Crippen molar-refractivity contribution in [1.82, 2.24) is 4.90 Å². The van der Waals surface area contributed by atoms with Crippen molar-refractivity contribution in [2.75, 3.05) is 13.1 Å². The van der Waals surface area contributed by atoms with Crippen LogP contribution in [-0.2, 0) is 4.79 Å². The summed E-state index contributed by atoms with van der Waals surface area (Å²) in [4.78, 5) is 13.2. The van der Waals surface area contributed by atoms with E-state index in [0.717, 1.165) is 31.5 Å². The number of hydrogen-bond donors (Lipinski definition) is 2. The van der Waals surface area contributed by atoms with E-state index in [1.54, 1.807) is 0 Å². The summed E-state index contributed by atoms with van der Waals surface area (Å²) in [5.41, 5.74) is 0.870. The molecule has 0 bridgehead atoms. The van der Waals surface area contributed by atoms with E-state index >= 15 is 0 Å². The topological polar surface area (TPSA) is 60.8 Å². The molecule has 2 atom stereocenters. The number of benzene rings is 1. The molecular formula is C14H19NO3. The summed E-state index contributed by atoms with van der Waals surface area (Å²) in [7, 11) is 0. The van der Waals surface area contributed by atoms with Gasteiger partial charge in [0, 0.05) is 0 Å². The van der Waals surface area contributed by atoms with Crippen LogP contribution in [0.5, 0.6) is 0 Å². The van der Waals surface area contributed by atoms with Gasteiger partial charge in [0.25, 0.3) is 0 Å². The molecular weight excluding hydrogens is 230 g/mol. The first-order valence-electron chi connectivity index (χ1n) is 6.40. The molecule has 98 valence electrons. The molecule has 18 heavy (non-hydrogen) atoms. The molecule has 1 heterocycles. The Bertz CT molecular complexity index is 387. The molecule has 4 nitrogen and oxygen atoms in total. The minimum atomic E-state index is -1.37. The highest BCUT2D eigenvalue weighted by Crippen LogP contribution is 2.27. The standard InChI is InChI=1S/C14H19NO3/c16-13(14(17)18)12(11-7-3-1-4-8-11)15-9-5-2-6-10-15/h1,3-4,7-8,12-13,16H,2,5-6,9-10H2,(H,17,18)/t12-,13+/m0/s1. The molecule has 4 heteroatoms. The highest BCUT2D eigenvalue weighted by molar-refractivity contribution is 5.73. The van der Waals surface area contributed by atoms with Gasteiger partial charge in [-0.3, -0.25) is 4.90 Å². The predicted molar refractivity (Wildman–Crippen MR) is 68.2 cm³/mol. The van der Waals surface area contributed by atoms with E-state index in [1.807, 2.05) is 30.3 Å². The molecule has 1 aliphatic rings. The van der Waals surface area contributed by atoms with E-state index in [0.29, 0.717) is 0 Å². The first-order chi connectivity index (χ1) is 8.70. The van der Waals surface area contributed by atoms with Crippen LogP contribution in [0.4, 0.5) is 0 Å². The van der Waals surface area contributed by atoms with Gasteiger partial charge in [-0.15, -0.1) is 0 Å². The summed E-state index contributed by atoms with van der Waals surface area (Å²) in [6.07, 6.45) is 1.94. The molecule has 2 N–H and O–H groups in total. The highest BCUT2D eigenvalue weighted by Gasteiger charge is 2.32. The molecule has 0 aromatic heterocycles. The maximum atomic E-state index is 11.1. The van der Waals surface area contributed by atoms with Crippen LogP contribution in [0.1, 0.15) is 30.9 Å². The van der Waals surface area contributed by atoms with Crippen molar-refractivity contribution in [3.8, 4) is 0 Å². The number of carboxylic acid groups (broad SMARTS) is 1. The number of rotatable bonds is 4. The monoisotopic (exact) mass is 249 g/mol. The summed E-state index contributed by atoms with van der Waals surface area (Å²) >= 11 is 0. The average Bonchev–Trinajstić information content (AvgIpc) is 2.41. The number of aliphatic carboxylic acids is 1. The second kappa shape index (κ2) is 5.98. The number of likely N-dealkylation sites (tertiary alicyclic amines) is 1. The maximum absolute atomic E-state index is 11.1. The molecule has 0 unspecified atom stereocenters. The van der Waals surface area contributed by atoms with Crippen LogP contribution in [0.2, 0.25) is 0 Å². The number of piperidine rings is 1. The van der Waals surface area contributed by atoms with Crippen LogP contribution in [-0.4, -0.2) is 40.3 Å². The lowest BCUT2D eigenvalue weighted by molar-refractivity contribution is -0.151. The van der Waals surface area contributed by atoms with Gasteiger partial charge in [0.2, 0.25) is 0 Å². The van der Waals surface area contributed by atoms with E-state index in [-0.39, 0.29) is 0 Å². The smallest absolute Gasteiger partial charge is 0.334 e. The van der Waals surface area contributed by atoms with Crippen molar-refractivity contribution in [2.45, 2.75) is 31.4 Å². The van der Waals surface area contributed by atoms with Crippen LogP contribution in [0, 0.1) is 0 Å². The first-order valence-corrected chi connectivity index (χ1v) is 6.40. The summed E-state index contributed by atoms with van der Waals surface area (Å²) in [5.74, 6) is -1.16. The zero-order chi connectivity index (χ0) is 13.0. The van der Waals surface area contributed by atoms with Crippen LogP contribution >= 0.6 is 0 Å². The van der Waals surface area contributed by atoms with Gasteiger partial charge in [0.1, 0.15) is 0 Å². The van der Waals surface area contributed by atoms with E-state index in [1.165, 1.54) is 6.42 Å². The van der Waals surface area contributed by atoms with Crippen LogP contribution in [0.15, 0.2) is 30.3 Å². The Hall–Kier alpha value is -1.39. The Morgan fingerprint density at radius 2 is 1.72 bits per heavy atom. The summed E-state index contributed by atoms with van der Waals surface area (Å²) in [5, 5.41) is 19.0. The van der Waals surface area contributed by atoms with Crippen molar-refractivity contribution in [1.29, 1.82) is 0 Å². The number of carboxylic acids is 1. The molecule has 0 spiro atoms. The van der Waals surface area contributed by atoms with Gasteiger partial charge in [-0.1, -0.05) is 36.8 Å². The Morgan fingerprint density at radius 1 is 1.11 bits per heavy atom. The first kappa shape index (κ1) is 13.1. The number of nitrogens with zero attached hydrogens (tertiary/aromatic N) is 1. The van der Waals surface area contributed by atoms with Gasteiger partial charge >= 0.3 is 5.97 Å². The molecule has 1 saturated heterocycles. The third-order valence-corrected chi connectivity index (χ3v) is 3.48. The zero-order valence-electron chi connectivity index (χ0n) is 10.3. The molecule has 0 aliphatic carbocycles. The second-order valence-corrected chi connectivity index (χ2v) is 4.74. The third-order valence-electron chi connectivity index (χ3n) is 3.48. The minimum Gasteiger partial charge on any atom is -0.479 e. The fourth-order valence-electron chi connectivity index (χ4n) is 2.57. The van der Waals surface area contributed by atoms with Crippen molar-refractivity contribution < 1.29 is 15.0 Å². The van der Waals surface area contributed by atoms with Gasteiger partial charge in [-0.05, 0) is 31.5 Å². The molecule has 1 aromatic carbocycles. The van der Waals surface area contributed by atoms with Gasteiger partial charge in [0.05, 0.1) is 6.04 Å².